The molecule has 0 saturated carbocycles. The van der Waals surface area contributed by atoms with E-state index in [1.807, 2.05) is 28.8 Å². The lowest BCUT2D eigenvalue weighted by atomic mass is 10.1. The lowest BCUT2D eigenvalue weighted by Crippen LogP contribution is -2.32. The summed E-state index contributed by atoms with van der Waals surface area (Å²) in [6.07, 6.45) is 3.55. The number of benzene rings is 2. The van der Waals surface area contributed by atoms with E-state index in [4.69, 9.17) is 0 Å². The van der Waals surface area contributed by atoms with Crippen LogP contribution in [0.1, 0.15) is 18.0 Å². The Morgan fingerprint density at radius 2 is 1.77 bits per heavy atom. The molecule has 0 radical (unpaired) electrons. The molecule has 2 heterocycles. The van der Waals surface area contributed by atoms with Gasteiger partial charge in [-0.05, 0) is 35.9 Å². The minimum absolute atomic E-state index is 0.148. The summed E-state index contributed by atoms with van der Waals surface area (Å²) in [6.45, 7) is 0.735. The maximum atomic E-state index is 13.4. The average Bonchev–Trinajstić information content (AvgIpc) is 3.16. The van der Waals surface area contributed by atoms with Crippen LogP contribution in [0.25, 0.3) is 11.0 Å². The second-order valence-corrected chi connectivity index (χ2v) is 7.04. The van der Waals surface area contributed by atoms with Gasteiger partial charge in [-0.2, -0.15) is 0 Å². The molecule has 7 heteroatoms. The number of halogens is 1. The Bertz CT molecular complexity index is 1210. The lowest BCUT2D eigenvalue weighted by molar-refractivity contribution is -0.122. The molecule has 152 valence electrons. The predicted octanol–water partition coefficient (Wildman–Crippen LogP) is 3.28. The summed E-state index contributed by atoms with van der Waals surface area (Å²) in [5.41, 5.74) is 2.46. The van der Waals surface area contributed by atoms with Crippen LogP contribution in [0.15, 0.2) is 84.0 Å². The van der Waals surface area contributed by atoms with Gasteiger partial charge in [0, 0.05) is 31.8 Å². The van der Waals surface area contributed by atoms with Crippen molar-refractivity contribution in [2.45, 2.75) is 25.6 Å². The number of imidazole rings is 1. The number of aromatic nitrogens is 3. The van der Waals surface area contributed by atoms with Crippen LogP contribution in [-0.2, 0) is 17.9 Å². The number of hydrogen-bond donors (Lipinski definition) is 1. The van der Waals surface area contributed by atoms with Crippen LogP contribution in [0.2, 0.25) is 0 Å². The molecule has 1 N–H and O–H groups in total. The Kier molecular flexibility index (Phi) is 5.70. The van der Waals surface area contributed by atoms with Gasteiger partial charge in [0.25, 0.3) is 5.56 Å². The molecular weight excluding hydrogens is 383 g/mol. The number of carbonyl (C=O) groups is 1. The maximum absolute atomic E-state index is 13.4. The second kappa shape index (κ2) is 8.73. The van der Waals surface area contributed by atoms with Crippen LogP contribution in [-0.4, -0.2) is 20.0 Å². The number of amides is 1. The molecule has 0 aliphatic carbocycles. The number of para-hydroxylation sites is 2. The smallest absolute Gasteiger partial charge is 0.250 e. The summed E-state index contributed by atoms with van der Waals surface area (Å²) < 4.78 is 16.9. The van der Waals surface area contributed by atoms with Crippen LogP contribution in [0, 0.1) is 5.82 Å². The molecule has 1 amide bonds. The number of pyridine rings is 1. The first kappa shape index (κ1) is 19.6. The van der Waals surface area contributed by atoms with E-state index < -0.39 is 0 Å². The zero-order chi connectivity index (χ0) is 20.9. The standard InChI is InChI=1S/C23H21FN4O2/c24-18-10-8-17(9-11-18)20(15-28-16-25-19-5-1-2-6-21(19)28)26-22(29)12-14-27-13-4-3-7-23(27)30/h1-11,13,16,20H,12,14-15H2,(H,26,29). The van der Waals surface area contributed by atoms with Crippen molar-refractivity contribution < 1.29 is 9.18 Å². The van der Waals surface area contributed by atoms with Gasteiger partial charge in [-0.25, -0.2) is 9.37 Å². The zero-order valence-corrected chi connectivity index (χ0v) is 16.2. The second-order valence-electron chi connectivity index (χ2n) is 7.04. The van der Waals surface area contributed by atoms with Crippen molar-refractivity contribution in [2.24, 2.45) is 0 Å². The average molecular weight is 404 g/mol. The molecule has 4 rings (SSSR count). The number of hydrogen-bond acceptors (Lipinski definition) is 3. The largest absolute Gasteiger partial charge is 0.347 e. The van der Waals surface area contributed by atoms with Crippen molar-refractivity contribution >= 4 is 16.9 Å². The van der Waals surface area contributed by atoms with Gasteiger partial charge < -0.3 is 14.5 Å². The highest BCUT2D eigenvalue weighted by atomic mass is 19.1. The predicted molar refractivity (Wildman–Crippen MR) is 112 cm³/mol. The van der Waals surface area contributed by atoms with E-state index in [9.17, 15) is 14.0 Å². The Morgan fingerprint density at radius 1 is 1.00 bits per heavy atom. The van der Waals surface area contributed by atoms with Gasteiger partial charge in [-0.3, -0.25) is 9.59 Å². The molecule has 1 atom stereocenters. The fraction of sp³-hybridized carbons (Fsp3) is 0.174. The van der Waals surface area contributed by atoms with E-state index >= 15 is 0 Å². The van der Waals surface area contributed by atoms with Gasteiger partial charge in [0.05, 0.1) is 23.4 Å². The van der Waals surface area contributed by atoms with Gasteiger partial charge in [0.15, 0.2) is 0 Å². The molecule has 1 unspecified atom stereocenters. The molecule has 0 aliphatic heterocycles. The molecule has 0 bridgehead atoms. The number of fused-ring (bicyclic) bond motifs is 1. The van der Waals surface area contributed by atoms with Crippen LogP contribution in [0.5, 0.6) is 0 Å². The van der Waals surface area contributed by atoms with Gasteiger partial charge in [0.1, 0.15) is 5.82 Å². The van der Waals surface area contributed by atoms with E-state index in [1.54, 1.807) is 36.8 Å². The summed E-state index contributed by atoms with van der Waals surface area (Å²) in [6, 6.07) is 18.4. The van der Waals surface area contributed by atoms with E-state index in [0.29, 0.717) is 6.54 Å². The number of aryl methyl sites for hydroxylation is 1. The normalized spacial score (nSPS) is 12.0. The zero-order valence-electron chi connectivity index (χ0n) is 16.2. The summed E-state index contributed by atoms with van der Waals surface area (Å²) in [7, 11) is 0. The van der Waals surface area contributed by atoms with Crippen LogP contribution in [0.3, 0.4) is 0 Å². The molecule has 2 aromatic carbocycles. The Balaban J connectivity index is 1.53. The summed E-state index contributed by atoms with van der Waals surface area (Å²) in [5, 5.41) is 3.02. The number of carbonyl (C=O) groups excluding carboxylic acids is 1. The van der Waals surface area contributed by atoms with Gasteiger partial charge >= 0.3 is 0 Å². The van der Waals surface area contributed by atoms with E-state index in [0.717, 1.165) is 16.6 Å². The van der Waals surface area contributed by atoms with Gasteiger partial charge in [-0.15, -0.1) is 0 Å². The third-order valence-corrected chi connectivity index (χ3v) is 4.99. The minimum atomic E-state index is -0.372. The SMILES string of the molecule is O=C(CCn1ccccc1=O)NC(Cn1cnc2ccccc21)c1ccc(F)cc1. The number of nitrogens with zero attached hydrogens (tertiary/aromatic N) is 3. The number of nitrogens with one attached hydrogen (secondary N) is 1. The van der Waals surface area contributed by atoms with Crippen molar-refractivity contribution in [3.05, 3.63) is 101 Å². The molecule has 0 fully saturated rings. The maximum Gasteiger partial charge on any atom is 0.250 e. The molecule has 2 aromatic heterocycles. The fourth-order valence-corrected chi connectivity index (χ4v) is 3.42. The first-order chi connectivity index (χ1) is 14.6. The first-order valence-electron chi connectivity index (χ1n) is 9.70. The quantitative estimate of drug-likeness (QED) is 0.514. The van der Waals surface area contributed by atoms with Crippen LogP contribution >= 0.6 is 0 Å². The fourth-order valence-electron chi connectivity index (χ4n) is 3.42. The van der Waals surface area contributed by atoms with E-state index in [2.05, 4.69) is 10.3 Å². The van der Waals surface area contributed by atoms with Crippen LogP contribution in [0.4, 0.5) is 4.39 Å². The van der Waals surface area contributed by atoms with Crippen molar-refractivity contribution in [3.8, 4) is 0 Å². The Labute approximate surface area is 172 Å². The molecule has 30 heavy (non-hydrogen) atoms. The summed E-state index contributed by atoms with van der Waals surface area (Å²) in [4.78, 5) is 28.9. The van der Waals surface area contributed by atoms with Crippen LogP contribution < -0.4 is 10.9 Å². The van der Waals surface area contributed by atoms with Crippen molar-refractivity contribution in [1.29, 1.82) is 0 Å². The molecule has 0 saturated heterocycles. The van der Waals surface area contributed by atoms with Gasteiger partial charge in [-0.1, -0.05) is 30.3 Å². The van der Waals surface area contributed by atoms with Gasteiger partial charge in [0.2, 0.25) is 5.91 Å². The third kappa shape index (κ3) is 4.46. The molecule has 4 aromatic rings. The highest BCUT2D eigenvalue weighted by molar-refractivity contribution is 5.77. The van der Waals surface area contributed by atoms with E-state index in [-0.39, 0.29) is 36.3 Å². The van der Waals surface area contributed by atoms with Crippen molar-refractivity contribution in [1.82, 2.24) is 19.4 Å². The lowest BCUT2D eigenvalue weighted by Gasteiger charge is -2.20. The highest BCUT2D eigenvalue weighted by Gasteiger charge is 2.17. The highest BCUT2D eigenvalue weighted by Crippen LogP contribution is 2.20. The summed E-state index contributed by atoms with van der Waals surface area (Å²) in [5.74, 6) is -0.523. The molecular formula is C23H21FN4O2. The molecule has 6 nitrogen and oxygen atoms in total. The molecule has 0 aliphatic rings. The summed E-state index contributed by atoms with van der Waals surface area (Å²) >= 11 is 0. The monoisotopic (exact) mass is 404 g/mol. The first-order valence-corrected chi connectivity index (χ1v) is 9.70. The Hall–Kier alpha value is -3.74. The van der Waals surface area contributed by atoms with Crippen molar-refractivity contribution in [2.75, 3.05) is 0 Å². The topological polar surface area (TPSA) is 68.9 Å². The van der Waals surface area contributed by atoms with E-state index in [1.165, 1.54) is 22.8 Å². The van der Waals surface area contributed by atoms with Crippen molar-refractivity contribution in [3.63, 3.8) is 0 Å². The third-order valence-electron chi connectivity index (χ3n) is 4.99. The number of rotatable bonds is 7. The Morgan fingerprint density at radius 3 is 2.57 bits per heavy atom. The molecule has 0 spiro atoms. The minimum Gasteiger partial charge on any atom is -0.347 e.